The number of hydrogen-bond donors (Lipinski definition) is 0. The Kier molecular flexibility index (Phi) is 7.39. The highest BCUT2D eigenvalue weighted by Crippen LogP contribution is 2.28. The molecule has 0 N–H and O–H groups in total. The van der Waals surface area contributed by atoms with Crippen molar-refractivity contribution < 1.29 is 14.2 Å². The van der Waals surface area contributed by atoms with Crippen LogP contribution in [0.4, 0.5) is 0 Å². The number of rotatable bonds is 9. The van der Waals surface area contributed by atoms with Gasteiger partial charge >= 0.3 is 0 Å². The lowest BCUT2D eigenvalue weighted by Gasteiger charge is -2.12. The zero-order valence-electron chi connectivity index (χ0n) is 15.7. The minimum absolute atomic E-state index is 0.648. The first kappa shape index (κ1) is 18.9. The fraction of sp³-hybridized carbons (Fsp3) is 0.364. The van der Waals surface area contributed by atoms with Crippen molar-refractivity contribution in [1.29, 1.82) is 0 Å². The highest BCUT2D eigenvalue weighted by molar-refractivity contribution is 5.55. The average molecular weight is 340 g/mol. The van der Waals surface area contributed by atoms with Gasteiger partial charge in [0.15, 0.2) is 11.5 Å². The third-order valence-electron chi connectivity index (χ3n) is 4.16. The molecule has 2 rings (SSSR count). The molecule has 0 fully saturated rings. The van der Waals surface area contributed by atoms with E-state index in [0.29, 0.717) is 13.2 Å². The molecule has 25 heavy (non-hydrogen) atoms. The van der Waals surface area contributed by atoms with Gasteiger partial charge in [0, 0.05) is 0 Å². The number of ether oxygens (including phenoxy) is 3. The van der Waals surface area contributed by atoms with Crippen molar-refractivity contribution >= 4 is 6.08 Å². The van der Waals surface area contributed by atoms with Crippen molar-refractivity contribution in [3.8, 4) is 17.2 Å². The molecule has 0 saturated carbocycles. The quantitative estimate of drug-likeness (QED) is 0.557. The number of hydrogen-bond acceptors (Lipinski definition) is 3. The molecule has 0 unspecified atom stereocenters. The number of allylic oxidation sites excluding steroid dienone is 1. The van der Waals surface area contributed by atoms with Crippen molar-refractivity contribution in [3.05, 3.63) is 59.2 Å². The van der Waals surface area contributed by atoms with Crippen LogP contribution in [0, 0.1) is 13.8 Å². The van der Waals surface area contributed by atoms with Gasteiger partial charge in [-0.2, -0.15) is 0 Å². The van der Waals surface area contributed by atoms with Gasteiger partial charge in [0.05, 0.1) is 20.3 Å². The fourth-order valence-corrected chi connectivity index (χ4v) is 2.55. The molecule has 0 saturated heterocycles. The molecule has 0 aliphatic rings. The van der Waals surface area contributed by atoms with E-state index in [2.05, 4.69) is 19.9 Å². The van der Waals surface area contributed by atoms with Crippen molar-refractivity contribution in [2.75, 3.05) is 20.3 Å². The highest BCUT2D eigenvalue weighted by Gasteiger charge is 2.05. The maximum Gasteiger partial charge on any atom is 0.161 e. The van der Waals surface area contributed by atoms with Crippen LogP contribution in [0.25, 0.3) is 6.08 Å². The lowest BCUT2D eigenvalue weighted by molar-refractivity contribution is 0.257. The van der Waals surface area contributed by atoms with Gasteiger partial charge in [-0.1, -0.05) is 30.4 Å². The molecular weight excluding hydrogens is 312 g/mol. The molecule has 0 spiro atoms. The molecule has 2 aromatic carbocycles. The maximum atomic E-state index is 5.87. The summed E-state index contributed by atoms with van der Waals surface area (Å²) in [4.78, 5) is 0. The molecule has 2 aromatic rings. The Balaban J connectivity index is 1.75. The largest absolute Gasteiger partial charge is 0.493 e. The van der Waals surface area contributed by atoms with E-state index in [1.165, 1.54) is 11.1 Å². The summed E-state index contributed by atoms with van der Waals surface area (Å²) < 4.78 is 17.1. The topological polar surface area (TPSA) is 27.7 Å². The molecule has 0 aliphatic carbocycles. The summed E-state index contributed by atoms with van der Waals surface area (Å²) in [6, 6.07) is 12.1. The van der Waals surface area contributed by atoms with Crippen molar-refractivity contribution in [3.63, 3.8) is 0 Å². The van der Waals surface area contributed by atoms with Crippen LogP contribution < -0.4 is 14.2 Å². The highest BCUT2D eigenvalue weighted by atomic mass is 16.5. The van der Waals surface area contributed by atoms with Crippen LogP contribution in [-0.2, 0) is 0 Å². The minimum atomic E-state index is 0.648. The Morgan fingerprint density at radius 2 is 1.60 bits per heavy atom. The SMILES string of the molecule is C/C=C/c1ccc(OCCCCOc2cccc(C)c2C)c(OC)c1. The molecular formula is C22H28O3. The van der Waals surface area contributed by atoms with E-state index < -0.39 is 0 Å². The number of unbranched alkanes of at least 4 members (excludes halogenated alkanes) is 1. The summed E-state index contributed by atoms with van der Waals surface area (Å²) in [6.45, 7) is 7.54. The predicted molar refractivity (Wildman–Crippen MR) is 104 cm³/mol. The van der Waals surface area contributed by atoms with Crippen molar-refractivity contribution in [1.82, 2.24) is 0 Å². The Morgan fingerprint density at radius 1 is 0.880 bits per heavy atom. The van der Waals surface area contributed by atoms with Gasteiger partial charge in [0.2, 0.25) is 0 Å². The normalized spacial score (nSPS) is 10.9. The van der Waals surface area contributed by atoms with E-state index in [9.17, 15) is 0 Å². The summed E-state index contributed by atoms with van der Waals surface area (Å²) in [6.07, 6.45) is 5.93. The monoisotopic (exact) mass is 340 g/mol. The third-order valence-corrected chi connectivity index (χ3v) is 4.16. The molecule has 134 valence electrons. The van der Waals surface area contributed by atoms with Crippen LogP contribution in [0.15, 0.2) is 42.5 Å². The number of aryl methyl sites for hydroxylation is 1. The average Bonchev–Trinajstić information content (AvgIpc) is 2.62. The second-order valence-corrected chi connectivity index (χ2v) is 6.01. The van der Waals surface area contributed by atoms with E-state index in [1.807, 2.05) is 49.4 Å². The van der Waals surface area contributed by atoms with Crippen LogP contribution >= 0.6 is 0 Å². The van der Waals surface area contributed by atoms with Crippen LogP contribution in [-0.4, -0.2) is 20.3 Å². The molecule has 0 amide bonds. The van der Waals surface area contributed by atoms with Gasteiger partial charge in [-0.05, 0) is 68.5 Å². The molecule has 0 atom stereocenters. The Bertz CT molecular complexity index is 704. The Morgan fingerprint density at radius 3 is 2.28 bits per heavy atom. The standard InChI is InChI=1S/C22H28O3/c1-5-9-19-12-13-21(22(16-19)23-4)25-15-7-6-14-24-20-11-8-10-17(2)18(20)3/h5,8-13,16H,6-7,14-15H2,1-4H3/b9-5+. The molecule has 3 heteroatoms. The van der Waals surface area contributed by atoms with Crippen molar-refractivity contribution in [2.45, 2.75) is 33.6 Å². The van der Waals surface area contributed by atoms with Gasteiger partial charge in [-0.15, -0.1) is 0 Å². The van der Waals surface area contributed by atoms with Gasteiger partial charge in [0.1, 0.15) is 5.75 Å². The first-order valence-corrected chi connectivity index (χ1v) is 8.78. The van der Waals surface area contributed by atoms with Crippen LogP contribution in [0.3, 0.4) is 0 Å². The van der Waals surface area contributed by atoms with Gasteiger partial charge in [-0.25, -0.2) is 0 Å². The van der Waals surface area contributed by atoms with Gasteiger partial charge in [-0.3, -0.25) is 0 Å². The fourth-order valence-electron chi connectivity index (χ4n) is 2.55. The lowest BCUT2D eigenvalue weighted by Crippen LogP contribution is -2.04. The predicted octanol–water partition coefficient (Wildman–Crippen LogP) is 5.58. The van der Waals surface area contributed by atoms with Crippen LogP contribution in [0.1, 0.15) is 36.5 Å². The summed E-state index contributed by atoms with van der Waals surface area (Å²) in [5, 5.41) is 0. The Labute approximate surface area is 151 Å². The summed E-state index contributed by atoms with van der Waals surface area (Å²) in [7, 11) is 1.67. The van der Waals surface area contributed by atoms with E-state index in [4.69, 9.17) is 14.2 Å². The first-order chi connectivity index (χ1) is 12.2. The van der Waals surface area contributed by atoms with E-state index in [1.54, 1.807) is 7.11 Å². The second-order valence-electron chi connectivity index (χ2n) is 6.01. The summed E-state index contributed by atoms with van der Waals surface area (Å²) in [5.74, 6) is 2.52. The smallest absolute Gasteiger partial charge is 0.161 e. The summed E-state index contributed by atoms with van der Waals surface area (Å²) >= 11 is 0. The minimum Gasteiger partial charge on any atom is -0.493 e. The molecule has 0 aromatic heterocycles. The van der Waals surface area contributed by atoms with E-state index in [-0.39, 0.29) is 0 Å². The number of benzene rings is 2. The van der Waals surface area contributed by atoms with Crippen LogP contribution in [0.2, 0.25) is 0 Å². The third kappa shape index (κ3) is 5.56. The second kappa shape index (κ2) is 9.77. The molecule has 3 nitrogen and oxygen atoms in total. The Hall–Kier alpha value is -2.42. The molecule has 0 aliphatic heterocycles. The maximum absolute atomic E-state index is 5.87. The van der Waals surface area contributed by atoms with E-state index >= 15 is 0 Å². The van der Waals surface area contributed by atoms with Gasteiger partial charge < -0.3 is 14.2 Å². The molecule has 0 heterocycles. The van der Waals surface area contributed by atoms with Gasteiger partial charge in [0.25, 0.3) is 0 Å². The van der Waals surface area contributed by atoms with E-state index in [0.717, 1.165) is 35.7 Å². The zero-order chi connectivity index (χ0) is 18.1. The van der Waals surface area contributed by atoms with Crippen molar-refractivity contribution in [2.24, 2.45) is 0 Å². The molecule has 0 radical (unpaired) electrons. The number of methoxy groups -OCH3 is 1. The first-order valence-electron chi connectivity index (χ1n) is 8.78. The molecule has 0 bridgehead atoms. The lowest BCUT2D eigenvalue weighted by atomic mass is 10.1. The zero-order valence-corrected chi connectivity index (χ0v) is 15.7. The van der Waals surface area contributed by atoms with Crippen LogP contribution in [0.5, 0.6) is 17.2 Å². The summed E-state index contributed by atoms with van der Waals surface area (Å²) in [5.41, 5.74) is 3.58.